The summed E-state index contributed by atoms with van der Waals surface area (Å²) in [5.74, 6) is 0. The maximum Gasteiger partial charge on any atom is 0.473 e. The molecule has 2 unspecified atom stereocenters. The lowest BCUT2D eigenvalue weighted by Gasteiger charge is -2.33. The van der Waals surface area contributed by atoms with Crippen molar-refractivity contribution in [3.63, 3.8) is 0 Å². The summed E-state index contributed by atoms with van der Waals surface area (Å²) in [7, 11) is -4.37. The summed E-state index contributed by atoms with van der Waals surface area (Å²) in [6, 6.07) is 0. The van der Waals surface area contributed by atoms with E-state index in [9.17, 15) is 17.7 Å². The van der Waals surface area contributed by atoms with E-state index in [-0.39, 0.29) is 0 Å². The molecular formula is C7H12F3O4P. The third kappa shape index (κ3) is 2.72. The van der Waals surface area contributed by atoms with Crippen molar-refractivity contribution in [3.8, 4) is 0 Å². The fourth-order valence-electron chi connectivity index (χ4n) is 1.40. The molecule has 0 aliphatic carbocycles. The second-order valence-corrected chi connectivity index (χ2v) is 5.49. The summed E-state index contributed by atoms with van der Waals surface area (Å²) in [5, 5.41) is 0. The van der Waals surface area contributed by atoms with E-state index in [0.717, 1.165) is 6.92 Å². The van der Waals surface area contributed by atoms with Crippen LogP contribution in [0.3, 0.4) is 0 Å². The van der Waals surface area contributed by atoms with Crippen LogP contribution in [-0.4, -0.2) is 22.3 Å². The van der Waals surface area contributed by atoms with E-state index in [2.05, 4.69) is 9.05 Å². The number of phosphoric acid groups is 1. The molecule has 4 nitrogen and oxygen atoms in total. The molecule has 0 amide bonds. The largest absolute Gasteiger partial charge is 0.473 e. The van der Waals surface area contributed by atoms with Crippen molar-refractivity contribution < 1.29 is 31.7 Å². The van der Waals surface area contributed by atoms with E-state index >= 15 is 0 Å². The summed E-state index contributed by atoms with van der Waals surface area (Å²) in [6.07, 6.45) is -5.82. The Morgan fingerprint density at radius 2 is 1.73 bits per heavy atom. The first-order valence-corrected chi connectivity index (χ1v) is 5.68. The van der Waals surface area contributed by atoms with Crippen LogP contribution in [0.25, 0.3) is 0 Å². The molecule has 1 heterocycles. The van der Waals surface area contributed by atoms with Crippen LogP contribution in [0.15, 0.2) is 0 Å². The highest BCUT2D eigenvalue weighted by atomic mass is 31.2. The molecule has 1 aliphatic heterocycles. The fourth-order valence-corrected chi connectivity index (χ4v) is 3.00. The zero-order valence-corrected chi connectivity index (χ0v) is 9.35. The minimum Gasteiger partial charge on any atom is -0.302 e. The summed E-state index contributed by atoms with van der Waals surface area (Å²) < 4.78 is 56.9. The lowest BCUT2D eigenvalue weighted by atomic mass is 9.85. The van der Waals surface area contributed by atoms with Crippen molar-refractivity contribution in [1.29, 1.82) is 0 Å². The van der Waals surface area contributed by atoms with Gasteiger partial charge >= 0.3 is 14.0 Å². The molecule has 0 spiro atoms. The molecule has 0 radical (unpaired) electrons. The van der Waals surface area contributed by atoms with E-state index in [1.54, 1.807) is 0 Å². The first kappa shape index (κ1) is 13.0. The van der Waals surface area contributed by atoms with Gasteiger partial charge in [0.15, 0.2) is 0 Å². The second-order valence-electron chi connectivity index (χ2n) is 4.18. The number of hydrogen-bond donors (Lipinski definition) is 1. The number of phosphoric ester groups is 1. The van der Waals surface area contributed by atoms with Crippen LogP contribution in [0.2, 0.25) is 0 Å². The van der Waals surface area contributed by atoms with Crippen molar-refractivity contribution in [1.82, 2.24) is 0 Å². The predicted octanol–water partition coefficient (Wildman–Crippen LogP) is 2.62. The molecule has 1 fully saturated rings. The molecule has 0 aromatic rings. The van der Waals surface area contributed by atoms with Crippen molar-refractivity contribution >= 4 is 7.82 Å². The maximum absolute atomic E-state index is 12.2. The Hall–Kier alpha value is -0.100. The standard InChI is InChI=1S/C7H12F3O4P/c1-5(2)6(3,4-7(8,9)10)14-15(11,12)13-5/h4H2,1-3H3,(H,11,12). The maximum atomic E-state index is 12.2. The van der Waals surface area contributed by atoms with Gasteiger partial charge in [0.05, 0.1) is 6.42 Å². The molecule has 0 aromatic carbocycles. The van der Waals surface area contributed by atoms with Crippen LogP contribution in [0, 0.1) is 0 Å². The minimum absolute atomic E-state index is 1.11. The van der Waals surface area contributed by atoms with Gasteiger partial charge in [0.25, 0.3) is 0 Å². The van der Waals surface area contributed by atoms with Gasteiger partial charge in [-0.1, -0.05) is 0 Å². The molecule has 1 N–H and O–H groups in total. The number of alkyl halides is 3. The minimum atomic E-state index is -4.49. The van der Waals surface area contributed by atoms with E-state index in [1.807, 2.05) is 0 Å². The third-order valence-corrected chi connectivity index (χ3v) is 3.79. The Bertz CT molecular complexity index is 314. The van der Waals surface area contributed by atoms with Gasteiger partial charge < -0.3 is 4.89 Å². The topological polar surface area (TPSA) is 55.8 Å². The van der Waals surface area contributed by atoms with E-state index in [1.165, 1.54) is 13.8 Å². The number of rotatable bonds is 1. The Kier molecular flexibility index (Phi) is 2.76. The Morgan fingerprint density at radius 1 is 1.27 bits per heavy atom. The Morgan fingerprint density at radius 3 is 2.00 bits per heavy atom. The summed E-state index contributed by atoms with van der Waals surface area (Å²) in [5.41, 5.74) is -3.32. The predicted molar refractivity (Wildman–Crippen MR) is 45.2 cm³/mol. The van der Waals surface area contributed by atoms with Crippen LogP contribution in [0.5, 0.6) is 0 Å². The van der Waals surface area contributed by atoms with E-state index in [0.29, 0.717) is 0 Å². The lowest BCUT2D eigenvalue weighted by molar-refractivity contribution is -0.181. The van der Waals surface area contributed by atoms with Gasteiger partial charge in [0, 0.05) is 0 Å². The van der Waals surface area contributed by atoms with Crippen LogP contribution in [0.1, 0.15) is 27.2 Å². The average Bonchev–Trinajstić information content (AvgIpc) is 1.88. The highest BCUT2D eigenvalue weighted by Crippen LogP contribution is 2.63. The normalized spacial score (nSPS) is 40.7. The monoisotopic (exact) mass is 248 g/mol. The third-order valence-electron chi connectivity index (χ3n) is 2.47. The average molecular weight is 248 g/mol. The molecular weight excluding hydrogens is 236 g/mol. The first-order chi connectivity index (χ1) is 6.37. The number of halogens is 3. The molecule has 2 atom stereocenters. The van der Waals surface area contributed by atoms with E-state index in [4.69, 9.17) is 4.89 Å². The molecule has 1 aliphatic rings. The molecule has 15 heavy (non-hydrogen) atoms. The smallest absolute Gasteiger partial charge is 0.302 e. The quantitative estimate of drug-likeness (QED) is 0.724. The summed E-state index contributed by atoms with van der Waals surface area (Å²) >= 11 is 0. The van der Waals surface area contributed by atoms with Crippen molar-refractivity contribution in [3.05, 3.63) is 0 Å². The second kappa shape index (κ2) is 3.20. The van der Waals surface area contributed by atoms with Gasteiger partial charge in [-0.05, 0) is 20.8 Å². The van der Waals surface area contributed by atoms with E-state index < -0.39 is 31.6 Å². The Labute approximate surface area is 85.0 Å². The molecule has 8 heteroatoms. The van der Waals surface area contributed by atoms with Gasteiger partial charge in [-0.3, -0.25) is 9.05 Å². The number of hydrogen-bond acceptors (Lipinski definition) is 3. The van der Waals surface area contributed by atoms with Crippen molar-refractivity contribution in [2.24, 2.45) is 0 Å². The highest BCUT2D eigenvalue weighted by Gasteiger charge is 2.61. The van der Waals surface area contributed by atoms with Crippen molar-refractivity contribution in [2.45, 2.75) is 44.6 Å². The highest BCUT2D eigenvalue weighted by molar-refractivity contribution is 7.47. The zero-order chi connectivity index (χ0) is 12.1. The van der Waals surface area contributed by atoms with Crippen molar-refractivity contribution in [2.75, 3.05) is 0 Å². The van der Waals surface area contributed by atoms with Crippen LogP contribution < -0.4 is 0 Å². The van der Waals surface area contributed by atoms with Crippen LogP contribution >= 0.6 is 7.82 Å². The van der Waals surface area contributed by atoms with Crippen LogP contribution in [-0.2, 0) is 13.6 Å². The molecule has 1 saturated heterocycles. The van der Waals surface area contributed by atoms with Gasteiger partial charge in [-0.25, -0.2) is 4.57 Å². The van der Waals surface area contributed by atoms with Crippen LogP contribution in [0.4, 0.5) is 13.2 Å². The van der Waals surface area contributed by atoms with Gasteiger partial charge in [0.1, 0.15) is 11.2 Å². The SMILES string of the molecule is CC1(C)OP(=O)(O)OC1(C)CC(F)(F)F. The van der Waals surface area contributed by atoms with Gasteiger partial charge in [0.2, 0.25) is 0 Å². The first-order valence-electron chi connectivity index (χ1n) is 4.18. The van der Waals surface area contributed by atoms with Gasteiger partial charge in [-0.2, -0.15) is 13.2 Å². The molecule has 0 aromatic heterocycles. The fraction of sp³-hybridized carbons (Fsp3) is 1.00. The summed E-state index contributed by atoms with van der Waals surface area (Å²) in [4.78, 5) is 9.01. The lowest BCUT2D eigenvalue weighted by Crippen LogP contribution is -2.47. The molecule has 0 saturated carbocycles. The molecule has 1 rings (SSSR count). The Balaban J connectivity index is 2.98. The molecule has 0 bridgehead atoms. The van der Waals surface area contributed by atoms with Gasteiger partial charge in [-0.15, -0.1) is 0 Å². The zero-order valence-electron chi connectivity index (χ0n) is 8.46. The summed E-state index contributed by atoms with van der Waals surface area (Å²) in [6.45, 7) is 3.68. The molecule has 90 valence electrons.